The summed E-state index contributed by atoms with van der Waals surface area (Å²) in [4.78, 5) is 28.0. The number of allylic oxidation sites excluding steroid dienone is 3. The van der Waals surface area contributed by atoms with E-state index in [1.54, 1.807) is 42.5 Å². The van der Waals surface area contributed by atoms with Gasteiger partial charge in [0.15, 0.2) is 11.6 Å². The third-order valence-corrected chi connectivity index (χ3v) is 5.61. The highest BCUT2D eigenvalue weighted by molar-refractivity contribution is 6.27. The number of rotatable bonds is 5. The molecule has 0 bridgehead atoms. The molecule has 1 unspecified atom stereocenters. The Morgan fingerprint density at radius 2 is 1.93 bits per heavy atom. The Labute approximate surface area is 167 Å². The molecule has 1 N–H and O–H groups in total. The zero-order chi connectivity index (χ0) is 18.7. The highest BCUT2D eigenvalue weighted by atomic mass is 35.5. The number of hydrogen-bond donors (Lipinski definition) is 1. The number of carbonyl (C=O) groups excluding carboxylic acids is 2. The predicted molar refractivity (Wildman–Crippen MR) is 109 cm³/mol. The molecule has 146 valence electrons. The number of ketones is 2. The van der Waals surface area contributed by atoms with E-state index in [4.69, 9.17) is 0 Å². The lowest BCUT2D eigenvalue weighted by molar-refractivity contribution is -0.135. The van der Waals surface area contributed by atoms with E-state index in [9.17, 15) is 14.7 Å². The van der Waals surface area contributed by atoms with E-state index in [1.165, 1.54) is 0 Å². The highest BCUT2D eigenvalue weighted by Crippen LogP contribution is 2.42. The van der Waals surface area contributed by atoms with Crippen LogP contribution in [0, 0.1) is 11.8 Å². The van der Waals surface area contributed by atoms with E-state index in [-0.39, 0.29) is 35.5 Å². The zero-order valence-corrected chi connectivity index (χ0v) is 16.7. The monoisotopic (exact) mass is 389 g/mol. The second kappa shape index (κ2) is 8.96. The van der Waals surface area contributed by atoms with Gasteiger partial charge in [-0.15, -0.1) is 12.4 Å². The molecule has 1 aromatic rings. The van der Waals surface area contributed by atoms with Crippen LogP contribution in [0.25, 0.3) is 0 Å². The summed E-state index contributed by atoms with van der Waals surface area (Å²) in [7, 11) is 3.97. The molecule has 0 aromatic heterocycles. The minimum atomic E-state index is -1.09. The molecule has 2 aliphatic carbocycles. The van der Waals surface area contributed by atoms with Crippen LogP contribution in [0.1, 0.15) is 36.0 Å². The van der Waals surface area contributed by atoms with E-state index < -0.39 is 11.5 Å². The molecule has 5 heteroatoms. The van der Waals surface area contributed by atoms with Crippen LogP contribution in [0.15, 0.2) is 54.1 Å². The molecule has 0 amide bonds. The summed E-state index contributed by atoms with van der Waals surface area (Å²) >= 11 is 0. The molecule has 2 aliphatic rings. The second-order valence-electron chi connectivity index (χ2n) is 7.70. The van der Waals surface area contributed by atoms with Gasteiger partial charge in [-0.1, -0.05) is 55.3 Å². The summed E-state index contributed by atoms with van der Waals surface area (Å²) in [6, 6.07) is 8.85. The van der Waals surface area contributed by atoms with Crippen molar-refractivity contribution in [1.29, 1.82) is 0 Å². The molecule has 1 saturated carbocycles. The van der Waals surface area contributed by atoms with E-state index in [0.717, 1.165) is 25.8 Å². The number of carbonyl (C=O) groups is 2. The first-order chi connectivity index (χ1) is 12.4. The normalized spacial score (nSPS) is 27.9. The minimum Gasteiger partial charge on any atom is -0.388 e. The first-order valence-corrected chi connectivity index (χ1v) is 9.33. The van der Waals surface area contributed by atoms with Crippen molar-refractivity contribution in [1.82, 2.24) is 4.90 Å². The molecule has 1 fully saturated rings. The van der Waals surface area contributed by atoms with Gasteiger partial charge in [-0.3, -0.25) is 9.59 Å². The first-order valence-electron chi connectivity index (χ1n) is 9.33. The zero-order valence-electron chi connectivity index (χ0n) is 15.9. The van der Waals surface area contributed by atoms with Gasteiger partial charge in [0.1, 0.15) is 0 Å². The molecule has 3 atom stereocenters. The number of hydrogen-bond acceptors (Lipinski definition) is 4. The maximum atomic E-state index is 13.2. The van der Waals surface area contributed by atoms with Crippen LogP contribution in [-0.4, -0.2) is 47.8 Å². The molecule has 4 nitrogen and oxygen atoms in total. The summed E-state index contributed by atoms with van der Waals surface area (Å²) in [6.45, 7) is 0.736. The van der Waals surface area contributed by atoms with Crippen molar-refractivity contribution in [2.45, 2.75) is 31.3 Å². The summed E-state index contributed by atoms with van der Waals surface area (Å²) < 4.78 is 0. The largest absolute Gasteiger partial charge is 0.388 e. The smallest absolute Gasteiger partial charge is 0.196 e. The van der Waals surface area contributed by atoms with Crippen LogP contribution in [-0.2, 0) is 4.79 Å². The Kier molecular flexibility index (Phi) is 7.15. The van der Waals surface area contributed by atoms with Gasteiger partial charge in [-0.25, -0.2) is 0 Å². The van der Waals surface area contributed by atoms with Crippen molar-refractivity contribution in [2.75, 3.05) is 20.6 Å². The number of halogens is 1. The number of benzene rings is 1. The lowest BCUT2D eigenvalue weighted by Crippen LogP contribution is -2.53. The van der Waals surface area contributed by atoms with Gasteiger partial charge < -0.3 is 10.0 Å². The lowest BCUT2D eigenvalue weighted by Gasteiger charge is -2.45. The van der Waals surface area contributed by atoms with Crippen LogP contribution in [0.4, 0.5) is 0 Å². The van der Waals surface area contributed by atoms with E-state index in [1.807, 2.05) is 20.2 Å². The minimum absolute atomic E-state index is 0. The maximum absolute atomic E-state index is 13.2. The van der Waals surface area contributed by atoms with E-state index in [2.05, 4.69) is 4.90 Å². The number of nitrogens with zero attached hydrogens (tertiary/aromatic N) is 1. The quantitative estimate of drug-likeness (QED) is 0.619. The fraction of sp³-hybridized carbons (Fsp3) is 0.455. The van der Waals surface area contributed by atoms with Gasteiger partial charge in [0.2, 0.25) is 0 Å². The Balaban J connectivity index is 0.00000261. The molecule has 3 rings (SSSR count). The summed E-state index contributed by atoms with van der Waals surface area (Å²) in [5.74, 6) is -1.15. The summed E-state index contributed by atoms with van der Waals surface area (Å²) in [5.41, 5.74) is -0.417. The molecule has 0 spiro atoms. The Morgan fingerprint density at radius 1 is 1.22 bits per heavy atom. The first kappa shape index (κ1) is 21.5. The SMILES string of the molecule is CN(C)C[C@@H]1CCCC[C@@]1(O)C1C=CC=C(C(=O)c2ccccc2)C1=O.Cl. The van der Waals surface area contributed by atoms with Crippen LogP contribution < -0.4 is 0 Å². The van der Waals surface area contributed by atoms with Crippen LogP contribution in [0.3, 0.4) is 0 Å². The lowest BCUT2D eigenvalue weighted by atomic mass is 9.65. The molecule has 0 aliphatic heterocycles. The van der Waals surface area contributed by atoms with Gasteiger partial charge in [0.25, 0.3) is 0 Å². The van der Waals surface area contributed by atoms with Crippen LogP contribution in [0.2, 0.25) is 0 Å². The maximum Gasteiger partial charge on any atom is 0.196 e. The van der Waals surface area contributed by atoms with Gasteiger partial charge in [0, 0.05) is 18.0 Å². The fourth-order valence-electron chi connectivity index (χ4n) is 4.28. The molecule has 0 heterocycles. The molecule has 1 aromatic carbocycles. The topological polar surface area (TPSA) is 57.6 Å². The molecule has 27 heavy (non-hydrogen) atoms. The summed E-state index contributed by atoms with van der Waals surface area (Å²) in [5, 5.41) is 11.5. The fourth-order valence-corrected chi connectivity index (χ4v) is 4.28. The van der Waals surface area contributed by atoms with E-state index in [0.29, 0.717) is 12.0 Å². The van der Waals surface area contributed by atoms with Crippen molar-refractivity contribution in [2.24, 2.45) is 11.8 Å². The van der Waals surface area contributed by atoms with Crippen molar-refractivity contribution in [3.05, 3.63) is 59.7 Å². The van der Waals surface area contributed by atoms with Gasteiger partial charge in [-0.05, 0) is 33.0 Å². The number of aliphatic hydroxyl groups is 1. The Morgan fingerprint density at radius 3 is 2.59 bits per heavy atom. The second-order valence-corrected chi connectivity index (χ2v) is 7.70. The third-order valence-electron chi connectivity index (χ3n) is 5.61. The number of Topliss-reactive ketones (excluding diaryl/α,β-unsaturated/α-hetero) is 2. The van der Waals surface area contributed by atoms with Gasteiger partial charge >= 0.3 is 0 Å². The Hall–Kier alpha value is -1.75. The van der Waals surface area contributed by atoms with Crippen molar-refractivity contribution < 1.29 is 14.7 Å². The standard InChI is InChI=1S/C22H27NO3.ClH/c1-23(2)15-17-11-6-7-14-22(17,26)19-13-8-12-18(21(19)25)20(24)16-9-4-3-5-10-16;/h3-5,8-10,12-13,17,19,26H,6-7,11,14-15H2,1-2H3;1H/t17-,19?,22-;/m0./s1. The van der Waals surface area contributed by atoms with Crippen LogP contribution >= 0.6 is 12.4 Å². The van der Waals surface area contributed by atoms with E-state index >= 15 is 0 Å². The average Bonchev–Trinajstić information content (AvgIpc) is 2.64. The van der Waals surface area contributed by atoms with Gasteiger partial charge in [0.05, 0.1) is 17.1 Å². The highest BCUT2D eigenvalue weighted by Gasteiger charge is 2.48. The third kappa shape index (κ3) is 4.40. The predicted octanol–water partition coefficient (Wildman–Crippen LogP) is 3.46. The van der Waals surface area contributed by atoms with Crippen molar-refractivity contribution in [3.8, 4) is 0 Å². The molecule has 0 saturated heterocycles. The van der Waals surface area contributed by atoms with Crippen molar-refractivity contribution in [3.63, 3.8) is 0 Å². The molecule has 0 radical (unpaired) electrons. The molecular formula is C22H28ClNO3. The Bertz CT molecular complexity index is 741. The van der Waals surface area contributed by atoms with Gasteiger partial charge in [-0.2, -0.15) is 0 Å². The summed E-state index contributed by atoms with van der Waals surface area (Å²) in [6.07, 6.45) is 8.58. The average molecular weight is 390 g/mol. The molecular weight excluding hydrogens is 362 g/mol. The van der Waals surface area contributed by atoms with Crippen molar-refractivity contribution >= 4 is 24.0 Å². The van der Waals surface area contributed by atoms with Crippen LogP contribution in [0.5, 0.6) is 0 Å².